The minimum atomic E-state index is 0.148. The lowest BCUT2D eigenvalue weighted by molar-refractivity contribution is -0.120. The third-order valence-corrected chi connectivity index (χ3v) is 2.55. The first kappa shape index (κ1) is 8.97. The lowest BCUT2D eigenvalue weighted by Crippen LogP contribution is -2.40. The molecule has 4 heteroatoms. The van der Waals surface area contributed by atoms with E-state index in [0.29, 0.717) is 18.6 Å². The van der Waals surface area contributed by atoms with Gasteiger partial charge in [-0.05, 0) is 25.8 Å². The summed E-state index contributed by atoms with van der Waals surface area (Å²) in [5.74, 6) is 0.148. The lowest BCUT2D eigenvalue weighted by Gasteiger charge is -2.10. The Kier molecular flexibility index (Phi) is 2.80. The molecule has 0 aromatic heterocycles. The molecule has 2 fully saturated rings. The fraction of sp³-hybridized carbons (Fsp3) is 0.889. The van der Waals surface area contributed by atoms with Gasteiger partial charge in [0.2, 0.25) is 5.91 Å². The Labute approximate surface area is 78.5 Å². The molecule has 0 aromatic carbocycles. The normalized spacial score (nSPS) is 27.5. The maximum absolute atomic E-state index is 11.3. The SMILES string of the molecule is O=C(CNC1CCNC1)NC1CC1. The van der Waals surface area contributed by atoms with Crippen LogP contribution >= 0.6 is 0 Å². The zero-order valence-corrected chi connectivity index (χ0v) is 7.81. The highest BCUT2D eigenvalue weighted by molar-refractivity contribution is 5.78. The molecule has 0 spiro atoms. The quantitative estimate of drug-likeness (QED) is 0.536. The molecule has 3 N–H and O–H groups in total. The first-order valence-corrected chi connectivity index (χ1v) is 5.08. The average Bonchev–Trinajstić information content (AvgIpc) is 2.78. The Balaban J connectivity index is 1.57. The smallest absolute Gasteiger partial charge is 0.234 e. The molecule has 1 atom stereocenters. The number of nitrogens with one attached hydrogen (secondary N) is 3. The number of carbonyl (C=O) groups is 1. The highest BCUT2D eigenvalue weighted by Gasteiger charge is 2.23. The van der Waals surface area contributed by atoms with Crippen LogP contribution in [0.4, 0.5) is 0 Å². The van der Waals surface area contributed by atoms with Gasteiger partial charge in [-0.3, -0.25) is 4.79 Å². The van der Waals surface area contributed by atoms with E-state index >= 15 is 0 Å². The highest BCUT2D eigenvalue weighted by atomic mass is 16.2. The van der Waals surface area contributed by atoms with Crippen LogP contribution in [-0.2, 0) is 4.79 Å². The average molecular weight is 183 g/mol. The van der Waals surface area contributed by atoms with Crippen LogP contribution in [0.3, 0.4) is 0 Å². The molecular weight excluding hydrogens is 166 g/mol. The third-order valence-electron chi connectivity index (χ3n) is 2.55. The van der Waals surface area contributed by atoms with Gasteiger partial charge in [-0.1, -0.05) is 0 Å². The van der Waals surface area contributed by atoms with E-state index in [1.807, 2.05) is 0 Å². The second-order valence-electron chi connectivity index (χ2n) is 3.91. The van der Waals surface area contributed by atoms with Crippen molar-refractivity contribution in [2.75, 3.05) is 19.6 Å². The van der Waals surface area contributed by atoms with Crippen molar-refractivity contribution in [1.82, 2.24) is 16.0 Å². The van der Waals surface area contributed by atoms with E-state index in [4.69, 9.17) is 0 Å². The first-order chi connectivity index (χ1) is 6.34. The van der Waals surface area contributed by atoms with Crippen LogP contribution in [0.5, 0.6) is 0 Å². The van der Waals surface area contributed by atoms with E-state index in [-0.39, 0.29) is 5.91 Å². The molecule has 0 radical (unpaired) electrons. The Morgan fingerprint density at radius 2 is 2.15 bits per heavy atom. The van der Waals surface area contributed by atoms with E-state index in [0.717, 1.165) is 32.4 Å². The summed E-state index contributed by atoms with van der Waals surface area (Å²) < 4.78 is 0. The monoisotopic (exact) mass is 183 g/mol. The molecule has 13 heavy (non-hydrogen) atoms. The maximum Gasteiger partial charge on any atom is 0.234 e. The number of hydrogen-bond donors (Lipinski definition) is 3. The van der Waals surface area contributed by atoms with E-state index in [1.54, 1.807) is 0 Å². The van der Waals surface area contributed by atoms with Crippen molar-refractivity contribution in [3.8, 4) is 0 Å². The predicted molar refractivity (Wildman–Crippen MR) is 50.4 cm³/mol. The van der Waals surface area contributed by atoms with Gasteiger partial charge in [0.05, 0.1) is 6.54 Å². The van der Waals surface area contributed by atoms with Gasteiger partial charge in [-0.15, -0.1) is 0 Å². The highest BCUT2D eigenvalue weighted by Crippen LogP contribution is 2.18. The van der Waals surface area contributed by atoms with Crippen LogP contribution < -0.4 is 16.0 Å². The van der Waals surface area contributed by atoms with Gasteiger partial charge < -0.3 is 16.0 Å². The fourth-order valence-electron chi connectivity index (χ4n) is 1.57. The van der Waals surface area contributed by atoms with Gasteiger partial charge in [0.25, 0.3) is 0 Å². The van der Waals surface area contributed by atoms with Gasteiger partial charge >= 0.3 is 0 Å². The molecule has 1 aliphatic carbocycles. The summed E-state index contributed by atoms with van der Waals surface area (Å²) in [5, 5.41) is 9.45. The van der Waals surface area contributed by atoms with Gasteiger partial charge in [-0.25, -0.2) is 0 Å². The molecule has 1 aliphatic heterocycles. The number of amides is 1. The van der Waals surface area contributed by atoms with Crippen LogP contribution in [0, 0.1) is 0 Å². The number of hydrogen-bond acceptors (Lipinski definition) is 3. The van der Waals surface area contributed by atoms with Crippen molar-refractivity contribution in [2.24, 2.45) is 0 Å². The van der Waals surface area contributed by atoms with Crippen LogP contribution in [0.25, 0.3) is 0 Å². The van der Waals surface area contributed by atoms with Gasteiger partial charge in [0, 0.05) is 18.6 Å². The molecule has 1 saturated heterocycles. The molecule has 0 aromatic rings. The second kappa shape index (κ2) is 4.07. The largest absolute Gasteiger partial charge is 0.352 e. The fourth-order valence-corrected chi connectivity index (χ4v) is 1.57. The van der Waals surface area contributed by atoms with Crippen molar-refractivity contribution in [1.29, 1.82) is 0 Å². The number of carbonyl (C=O) groups excluding carboxylic acids is 1. The van der Waals surface area contributed by atoms with Gasteiger partial charge in [-0.2, -0.15) is 0 Å². The summed E-state index contributed by atoms with van der Waals surface area (Å²) in [7, 11) is 0. The molecule has 0 bridgehead atoms. The molecule has 2 aliphatic rings. The third kappa shape index (κ3) is 2.97. The standard InChI is InChI=1S/C9H17N3O/c13-9(12-7-1-2-7)6-11-8-3-4-10-5-8/h7-8,10-11H,1-6H2,(H,12,13). The Morgan fingerprint density at radius 3 is 2.77 bits per heavy atom. The second-order valence-corrected chi connectivity index (χ2v) is 3.91. The zero-order chi connectivity index (χ0) is 9.10. The molecule has 2 rings (SSSR count). The van der Waals surface area contributed by atoms with Crippen molar-refractivity contribution in [3.63, 3.8) is 0 Å². The molecule has 1 saturated carbocycles. The van der Waals surface area contributed by atoms with E-state index in [9.17, 15) is 4.79 Å². The summed E-state index contributed by atoms with van der Waals surface area (Å²) in [6, 6.07) is 0.973. The van der Waals surface area contributed by atoms with Crippen molar-refractivity contribution >= 4 is 5.91 Å². The summed E-state index contributed by atoms with van der Waals surface area (Å²) in [6.07, 6.45) is 3.46. The molecule has 4 nitrogen and oxygen atoms in total. The van der Waals surface area contributed by atoms with Gasteiger partial charge in [0.1, 0.15) is 0 Å². The van der Waals surface area contributed by atoms with Crippen molar-refractivity contribution in [3.05, 3.63) is 0 Å². The summed E-state index contributed by atoms with van der Waals surface area (Å²) in [5.41, 5.74) is 0. The Hall–Kier alpha value is -0.610. The van der Waals surface area contributed by atoms with Crippen LogP contribution in [0.1, 0.15) is 19.3 Å². The first-order valence-electron chi connectivity index (χ1n) is 5.08. The molecular formula is C9H17N3O. The van der Waals surface area contributed by atoms with Crippen molar-refractivity contribution < 1.29 is 4.79 Å². The molecule has 1 heterocycles. The molecule has 1 unspecified atom stereocenters. The van der Waals surface area contributed by atoms with E-state index in [1.165, 1.54) is 0 Å². The zero-order valence-electron chi connectivity index (χ0n) is 7.81. The summed E-state index contributed by atoms with van der Waals surface area (Å²) in [6.45, 7) is 2.54. The molecule has 74 valence electrons. The Morgan fingerprint density at radius 1 is 1.31 bits per heavy atom. The summed E-state index contributed by atoms with van der Waals surface area (Å²) >= 11 is 0. The van der Waals surface area contributed by atoms with Gasteiger partial charge in [0.15, 0.2) is 0 Å². The Bertz CT molecular complexity index is 185. The van der Waals surface area contributed by atoms with Crippen LogP contribution in [-0.4, -0.2) is 37.6 Å². The maximum atomic E-state index is 11.3. The van der Waals surface area contributed by atoms with E-state index < -0.39 is 0 Å². The van der Waals surface area contributed by atoms with Crippen LogP contribution in [0.2, 0.25) is 0 Å². The van der Waals surface area contributed by atoms with Crippen molar-refractivity contribution in [2.45, 2.75) is 31.3 Å². The topological polar surface area (TPSA) is 53.2 Å². The number of rotatable bonds is 4. The predicted octanol–water partition coefficient (Wildman–Crippen LogP) is -0.783. The minimum absolute atomic E-state index is 0.148. The van der Waals surface area contributed by atoms with E-state index in [2.05, 4.69) is 16.0 Å². The van der Waals surface area contributed by atoms with Crippen LogP contribution in [0.15, 0.2) is 0 Å². The summed E-state index contributed by atoms with van der Waals surface area (Å²) in [4.78, 5) is 11.3. The molecule has 1 amide bonds. The minimum Gasteiger partial charge on any atom is -0.352 e. The lowest BCUT2D eigenvalue weighted by atomic mass is 10.2.